The average Bonchev–Trinajstić information content (AvgIpc) is 2.92. The number of guanidine groups is 1. The molecule has 0 bridgehead atoms. The molecule has 0 spiro atoms. The Morgan fingerprint density at radius 3 is 2.64 bits per heavy atom. The molecular weight excluding hydrogens is 323 g/mol. The van der Waals surface area contributed by atoms with Crippen LogP contribution in [0.15, 0.2) is 33.8 Å². The minimum absolute atomic E-state index is 0.271. The van der Waals surface area contributed by atoms with Gasteiger partial charge >= 0.3 is 0 Å². The number of nitrogens with zero attached hydrogens (tertiary/aromatic N) is 3. The molecule has 0 aliphatic carbocycles. The SMILES string of the molecule is CN=C(NCCc1c(C)noc1C)N(C)CCOc1ccc(F)cc1. The Bertz CT molecular complexity index is 678. The molecule has 0 saturated heterocycles. The van der Waals surface area contributed by atoms with Crippen LogP contribution in [0.2, 0.25) is 0 Å². The van der Waals surface area contributed by atoms with Crippen LogP contribution in [0.1, 0.15) is 17.0 Å². The molecule has 1 aromatic carbocycles. The van der Waals surface area contributed by atoms with Crippen LogP contribution in [-0.4, -0.2) is 49.8 Å². The van der Waals surface area contributed by atoms with Crippen LogP contribution in [0.4, 0.5) is 4.39 Å². The van der Waals surface area contributed by atoms with Crippen LogP contribution in [-0.2, 0) is 6.42 Å². The van der Waals surface area contributed by atoms with E-state index in [0.717, 1.165) is 35.9 Å². The Hall–Kier alpha value is -2.57. The van der Waals surface area contributed by atoms with E-state index in [2.05, 4.69) is 15.5 Å². The van der Waals surface area contributed by atoms with Crippen LogP contribution in [0.3, 0.4) is 0 Å². The van der Waals surface area contributed by atoms with Crippen molar-refractivity contribution < 1.29 is 13.7 Å². The summed E-state index contributed by atoms with van der Waals surface area (Å²) in [5, 5.41) is 7.28. The van der Waals surface area contributed by atoms with Gasteiger partial charge in [0, 0.05) is 26.2 Å². The molecule has 2 rings (SSSR count). The number of benzene rings is 1. The van der Waals surface area contributed by atoms with E-state index in [0.29, 0.717) is 18.9 Å². The molecule has 2 aromatic rings. The van der Waals surface area contributed by atoms with Crippen molar-refractivity contribution in [3.63, 3.8) is 0 Å². The standard InChI is InChI=1S/C18H25FN4O2/c1-13-17(14(2)25-22-13)9-10-21-18(20-3)23(4)11-12-24-16-7-5-15(19)6-8-16/h5-8H,9-12H2,1-4H3,(H,20,21). The average molecular weight is 348 g/mol. The summed E-state index contributed by atoms with van der Waals surface area (Å²) >= 11 is 0. The van der Waals surface area contributed by atoms with Gasteiger partial charge in [0.15, 0.2) is 5.96 Å². The van der Waals surface area contributed by atoms with Gasteiger partial charge in [0.25, 0.3) is 0 Å². The van der Waals surface area contributed by atoms with Gasteiger partial charge in [-0.05, 0) is 44.5 Å². The summed E-state index contributed by atoms with van der Waals surface area (Å²) in [5.74, 6) is 2.02. The molecule has 0 unspecified atom stereocenters. The lowest BCUT2D eigenvalue weighted by atomic mass is 10.1. The fraction of sp³-hybridized carbons (Fsp3) is 0.444. The highest BCUT2D eigenvalue weighted by atomic mass is 19.1. The number of halogens is 1. The van der Waals surface area contributed by atoms with Gasteiger partial charge in [0.1, 0.15) is 23.9 Å². The predicted molar refractivity (Wildman–Crippen MR) is 95.6 cm³/mol. The number of likely N-dealkylation sites (N-methyl/N-ethyl adjacent to an activating group) is 1. The van der Waals surface area contributed by atoms with Gasteiger partial charge in [-0.15, -0.1) is 0 Å². The Labute approximate surface area is 147 Å². The van der Waals surface area contributed by atoms with Crippen molar-refractivity contribution in [1.29, 1.82) is 0 Å². The first kappa shape index (κ1) is 18.8. The largest absolute Gasteiger partial charge is 0.492 e. The number of aromatic nitrogens is 1. The van der Waals surface area contributed by atoms with E-state index in [-0.39, 0.29) is 5.82 Å². The van der Waals surface area contributed by atoms with E-state index in [1.807, 2.05) is 25.8 Å². The number of hydrogen-bond donors (Lipinski definition) is 1. The van der Waals surface area contributed by atoms with Crippen molar-refractivity contribution in [1.82, 2.24) is 15.4 Å². The molecule has 0 atom stereocenters. The molecule has 0 saturated carbocycles. The maximum atomic E-state index is 12.9. The molecule has 0 aliphatic rings. The maximum absolute atomic E-state index is 12.9. The molecule has 1 N–H and O–H groups in total. The first-order chi connectivity index (χ1) is 12.0. The van der Waals surface area contributed by atoms with Gasteiger partial charge in [-0.2, -0.15) is 0 Å². The minimum Gasteiger partial charge on any atom is -0.492 e. The summed E-state index contributed by atoms with van der Waals surface area (Å²) in [6.07, 6.45) is 0.820. The van der Waals surface area contributed by atoms with E-state index < -0.39 is 0 Å². The zero-order chi connectivity index (χ0) is 18.2. The molecule has 1 heterocycles. The molecule has 0 radical (unpaired) electrons. The van der Waals surface area contributed by atoms with E-state index in [9.17, 15) is 4.39 Å². The Kier molecular flexibility index (Phi) is 6.80. The molecule has 25 heavy (non-hydrogen) atoms. The van der Waals surface area contributed by atoms with E-state index in [1.165, 1.54) is 12.1 Å². The fourth-order valence-corrected chi connectivity index (χ4v) is 2.48. The molecule has 0 fully saturated rings. The number of aliphatic imine (C=N–C) groups is 1. The van der Waals surface area contributed by atoms with Gasteiger partial charge in [-0.1, -0.05) is 5.16 Å². The van der Waals surface area contributed by atoms with Crippen molar-refractivity contribution in [2.24, 2.45) is 4.99 Å². The van der Waals surface area contributed by atoms with Gasteiger partial charge < -0.3 is 19.5 Å². The molecule has 0 amide bonds. The highest BCUT2D eigenvalue weighted by Gasteiger charge is 2.10. The second kappa shape index (κ2) is 9.05. The van der Waals surface area contributed by atoms with Gasteiger partial charge in [-0.25, -0.2) is 4.39 Å². The van der Waals surface area contributed by atoms with Crippen LogP contribution in [0.5, 0.6) is 5.75 Å². The highest BCUT2D eigenvalue weighted by Crippen LogP contribution is 2.12. The van der Waals surface area contributed by atoms with Crippen molar-refractivity contribution in [3.8, 4) is 5.75 Å². The van der Waals surface area contributed by atoms with Gasteiger partial charge in [0.05, 0.1) is 12.2 Å². The van der Waals surface area contributed by atoms with Gasteiger partial charge in [0.2, 0.25) is 0 Å². The fourth-order valence-electron chi connectivity index (χ4n) is 2.48. The Morgan fingerprint density at radius 2 is 2.04 bits per heavy atom. The minimum atomic E-state index is -0.271. The summed E-state index contributed by atoms with van der Waals surface area (Å²) in [5.41, 5.74) is 2.06. The molecule has 0 aliphatic heterocycles. The quantitative estimate of drug-likeness (QED) is 0.615. The van der Waals surface area contributed by atoms with Gasteiger partial charge in [-0.3, -0.25) is 4.99 Å². The molecular formula is C18H25FN4O2. The number of ether oxygens (including phenoxy) is 1. The Balaban J connectivity index is 1.74. The summed E-state index contributed by atoms with van der Waals surface area (Å²) in [4.78, 5) is 6.26. The zero-order valence-corrected chi connectivity index (χ0v) is 15.2. The monoisotopic (exact) mass is 348 g/mol. The third kappa shape index (κ3) is 5.48. The maximum Gasteiger partial charge on any atom is 0.193 e. The zero-order valence-electron chi connectivity index (χ0n) is 15.2. The molecule has 6 nitrogen and oxygen atoms in total. The summed E-state index contributed by atoms with van der Waals surface area (Å²) in [6, 6.07) is 6.00. The van der Waals surface area contributed by atoms with Crippen molar-refractivity contribution in [2.75, 3.05) is 33.8 Å². The lowest BCUT2D eigenvalue weighted by molar-refractivity contribution is 0.281. The first-order valence-corrected chi connectivity index (χ1v) is 8.23. The normalized spacial score (nSPS) is 11.5. The summed E-state index contributed by atoms with van der Waals surface area (Å²) in [7, 11) is 3.69. The molecule has 1 aromatic heterocycles. The second-order valence-electron chi connectivity index (χ2n) is 5.75. The van der Waals surface area contributed by atoms with Crippen molar-refractivity contribution in [3.05, 3.63) is 47.1 Å². The Morgan fingerprint density at radius 1 is 1.32 bits per heavy atom. The van der Waals surface area contributed by atoms with Crippen LogP contribution in [0, 0.1) is 19.7 Å². The van der Waals surface area contributed by atoms with Crippen LogP contribution >= 0.6 is 0 Å². The van der Waals surface area contributed by atoms with E-state index in [1.54, 1.807) is 19.2 Å². The van der Waals surface area contributed by atoms with E-state index >= 15 is 0 Å². The van der Waals surface area contributed by atoms with Crippen LogP contribution in [0.25, 0.3) is 0 Å². The van der Waals surface area contributed by atoms with Crippen LogP contribution < -0.4 is 10.1 Å². The van der Waals surface area contributed by atoms with Crippen molar-refractivity contribution in [2.45, 2.75) is 20.3 Å². The number of rotatable bonds is 7. The summed E-state index contributed by atoms with van der Waals surface area (Å²) in [6.45, 7) is 5.73. The summed E-state index contributed by atoms with van der Waals surface area (Å²) < 4.78 is 23.6. The second-order valence-corrected chi connectivity index (χ2v) is 5.75. The number of nitrogens with one attached hydrogen (secondary N) is 1. The number of aryl methyl sites for hydroxylation is 2. The first-order valence-electron chi connectivity index (χ1n) is 8.23. The smallest absolute Gasteiger partial charge is 0.193 e. The third-order valence-electron chi connectivity index (χ3n) is 3.92. The van der Waals surface area contributed by atoms with Crippen molar-refractivity contribution >= 4 is 5.96 Å². The highest BCUT2D eigenvalue weighted by molar-refractivity contribution is 5.79. The predicted octanol–water partition coefficient (Wildman–Crippen LogP) is 2.56. The molecule has 7 heteroatoms. The lowest BCUT2D eigenvalue weighted by Crippen LogP contribution is -2.41. The third-order valence-corrected chi connectivity index (χ3v) is 3.92. The topological polar surface area (TPSA) is 62.9 Å². The number of hydrogen-bond acceptors (Lipinski definition) is 4. The van der Waals surface area contributed by atoms with E-state index in [4.69, 9.17) is 9.26 Å². The molecule has 136 valence electrons. The lowest BCUT2D eigenvalue weighted by Gasteiger charge is -2.22.